The van der Waals surface area contributed by atoms with Crippen molar-refractivity contribution in [3.05, 3.63) is 60.3 Å². The lowest BCUT2D eigenvalue weighted by Crippen LogP contribution is -2.06. The Hall–Kier alpha value is -3.39. The molecule has 0 saturated heterocycles. The number of ether oxygens (including phenoxy) is 1. The molecule has 2 heterocycles. The average Bonchev–Trinajstić information content (AvgIpc) is 3.04. The Morgan fingerprint density at radius 1 is 1.07 bits per heavy atom. The first-order chi connectivity index (χ1) is 13.6. The maximum atomic E-state index is 11.8. The number of hydrogen-bond donors (Lipinski definition) is 2. The summed E-state index contributed by atoms with van der Waals surface area (Å²) >= 11 is 4.42. The van der Waals surface area contributed by atoms with Gasteiger partial charge < -0.3 is 9.84 Å². The lowest BCUT2D eigenvalue weighted by atomic mass is 10.2. The third kappa shape index (κ3) is 3.18. The van der Waals surface area contributed by atoms with E-state index in [1.54, 1.807) is 28.8 Å². The summed E-state index contributed by atoms with van der Waals surface area (Å²) in [6.07, 6.45) is 0. The van der Waals surface area contributed by atoms with Gasteiger partial charge in [-0.05, 0) is 43.3 Å². The number of rotatable bonds is 5. The van der Waals surface area contributed by atoms with Crippen molar-refractivity contribution in [3.63, 3.8) is 0 Å². The number of benzene rings is 2. The Labute approximate surface area is 166 Å². The summed E-state index contributed by atoms with van der Waals surface area (Å²) in [6.45, 7) is 2.47. The normalized spacial score (nSPS) is 10.9. The van der Waals surface area contributed by atoms with Crippen LogP contribution >= 0.6 is 12.6 Å². The molecule has 0 aliphatic carbocycles. The second kappa shape index (κ2) is 7.32. The molecule has 0 amide bonds. The molecule has 2 aromatic heterocycles. The molecule has 4 aromatic rings. The number of nitrogens with zero attached hydrogens (tertiary/aromatic N) is 4. The van der Waals surface area contributed by atoms with Crippen molar-refractivity contribution < 1.29 is 14.6 Å². The number of carbonyl (C=O) groups is 1. The number of hydrogen-bond acceptors (Lipinski definition) is 6. The number of carboxylic acid groups (broad SMARTS) is 1. The van der Waals surface area contributed by atoms with Crippen molar-refractivity contribution in [1.82, 2.24) is 19.5 Å². The number of para-hydroxylation sites is 1. The molecule has 0 bridgehead atoms. The van der Waals surface area contributed by atoms with Gasteiger partial charge in [-0.3, -0.25) is 4.57 Å². The zero-order chi connectivity index (χ0) is 19.7. The molecule has 2 aromatic carbocycles. The molecule has 140 valence electrons. The van der Waals surface area contributed by atoms with E-state index in [1.165, 1.54) is 0 Å². The van der Waals surface area contributed by atoms with Gasteiger partial charge in [0.25, 0.3) is 0 Å². The molecule has 7 nitrogen and oxygen atoms in total. The fourth-order valence-electron chi connectivity index (χ4n) is 2.91. The topological polar surface area (TPSA) is 90.1 Å². The minimum absolute atomic E-state index is 0.168. The molecule has 4 rings (SSSR count). The van der Waals surface area contributed by atoms with Crippen molar-refractivity contribution in [1.29, 1.82) is 0 Å². The quantitative estimate of drug-likeness (QED) is 0.501. The van der Waals surface area contributed by atoms with Crippen LogP contribution in [0.3, 0.4) is 0 Å². The second-order valence-electron chi connectivity index (χ2n) is 5.91. The summed E-state index contributed by atoms with van der Waals surface area (Å²) in [4.78, 5) is 24.9. The van der Waals surface area contributed by atoms with Gasteiger partial charge in [-0.15, -0.1) is 12.6 Å². The van der Waals surface area contributed by atoms with Crippen LogP contribution in [0, 0.1) is 0 Å². The first-order valence-corrected chi connectivity index (χ1v) is 9.04. The summed E-state index contributed by atoms with van der Waals surface area (Å²) in [5.41, 5.74) is 1.86. The number of thiol groups is 1. The molecule has 0 radical (unpaired) electrons. The lowest BCUT2D eigenvalue weighted by Gasteiger charge is -2.08. The van der Waals surface area contributed by atoms with Gasteiger partial charge in [0.1, 0.15) is 11.3 Å². The summed E-state index contributed by atoms with van der Waals surface area (Å²) in [7, 11) is 0. The fraction of sp³-hybridized carbons (Fsp3) is 0.100. The highest BCUT2D eigenvalue weighted by Crippen LogP contribution is 2.27. The number of carboxylic acids is 1. The van der Waals surface area contributed by atoms with Crippen LogP contribution in [0.5, 0.6) is 5.75 Å². The van der Waals surface area contributed by atoms with E-state index < -0.39 is 5.97 Å². The first-order valence-electron chi connectivity index (χ1n) is 8.60. The van der Waals surface area contributed by atoms with E-state index in [0.29, 0.717) is 28.8 Å². The summed E-state index contributed by atoms with van der Waals surface area (Å²) in [5, 5.41) is 9.99. The lowest BCUT2D eigenvalue weighted by molar-refractivity contribution is 0.0692. The average molecular weight is 392 g/mol. The van der Waals surface area contributed by atoms with E-state index in [4.69, 9.17) is 4.74 Å². The first kappa shape index (κ1) is 18.0. The van der Waals surface area contributed by atoms with Crippen molar-refractivity contribution in [2.45, 2.75) is 12.1 Å². The molecule has 0 fully saturated rings. The monoisotopic (exact) mass is 392 g/mol. The molecule has 0 aliphatic rings. The van der Waals surface area contributed by atoms with Crippen LogP contribution in [0.2, 0.25) is 0 Å². The van der Waals surface area contributed by atoms with Gasteiger partial charge >= 0.3 is 5.97 Å². The second-order valence-corrected chi connectivity index (χ2v) is 6.31. The Bertz CT molecular complexity index is 1160. The Morgan fingerprint density at radius 2 is 1.79 bits per heavy atom. The van der Waals surface area contributed by atoms with E-state index >= 15 is 0 Å². The largest absolute Gasteiger partial charge is 0.494 e. The van der Waals surface area contributed by atoms with Gasteiger partial charge in [-0.25, -0.2) is 19.7 Å². The maximum absolute atomic E-state index is 11.8. The van der Waals surface area contributed by atoms with Crippen LogP contribution < -0.4 is 4.74 Å². The third-order valence-electron chi connectivity index (χ3n) is 4.13. The van der Waals surface area contributed by atoms with E-state index in [9.17, 15) is 9.90 Å². The van der Waals surface area contributed by atoms with Gasteiger partial charge in [0.05, 0.1) is 6.61 Å². The SMILES string of the molecule is CCOc1ccc(-c2nc(C(=O)O)c3nc(S)n(-c4ccccc4)c3n2)cc1. The smallest absolute Gasteiger partial charge is 0.356 e. The molecule has 0 aliphatic heterocycles. The Kier molecular flexibility index (Phi) is 4.70. The van der Waals surface area contributed by atoms with Crippen LogP contribution in [-0.4, -0.2) is 37.2 Å². The van der Waals surface area contributed by atoms with Crippen molar-refractivity contribution in [2.24, 2.45) is 0 Å². The van der Waals surface area contributed by atoms with E-state index in [1.807, 2.05) is 37.3 Å². The molecule has 28 heavy (non-hydrogen) atoms. The number of aromatic nitrogens is 4. The van der Waals surface area contributed by atoms with Gasteiger partial charge in [0.15, 0.2) is 22.3 Å². The minimum atomic E-state index is -1.18. The van der Waals surface area contributed by atoms with E-state index in [0.717, 1.165) is 11.4 Å². The maximum Gasteiger partial charge on any atom is 0.356 e. The van der Waals surface area contributed by atoms with Crippen molar-refractivity contribution in [3.8, 4) is 22.8 Å². The van der Waals surface area contributed by atoms with Gasteiger partial charge in [0.2, 0.25) is 0 Å². The molecule has 0 saturated carbocycles. The number of aromatic carboxylic acids is 1. The number of imidazole rings is 1. The Morgan fingerprint density at radius 3 is 2.43 bits per heavy atom. The van der Waals surface area contributed by atoms with Crippen LogP contribution in [0.25, 0.3) is 28.2 Å². The van der Waals surface area contributed by atoms with Gasteiger partial charge in [0, 0.05) is 11.3 Å². The van der Waals surface area contributed by atoms with Gasteiger partial charge in [-0.2, -0.15) is 0 Å². The van der Waals surface area contributed by atoms with Crippen LogP contribution in [0.15, 0.2) is 59.8 Å². The van der Waals surface area contributed by atoms with Gasteiger partial charge in [-0.1, -0.05) is 18.2 Å². The highest BCUT2D eigenvalue weighted by atomic mass is 32.1. The predicted octanol–water partition coefficient (Wildman–Crippen LogP) is 3.87. The fourth-order valence-corrected chi connectivity index (χ4v) is 3.22. The summed E-state index contributed by atoms with van der Waals surface area (Å²) in [6, 6.07) is 16.6. The standard InChI is InChI=1S/C20H16N4O3S/c1-2-27-14-10-8-12(9-11-14)17-21-16(19(25)26)15-18(23-17)24(20(28)22-15)13-6-4-3-5-7-13/h3-11H,2H2,1H3,(H,22,28)(H,25,26). The highest BCUT2D eigenvalue weighted by Gasteiger charge is 2.22. The van der Waals surface area contributed by atoms with Crippen LogP contribution in [0.4, 0.5) is 0 Å². The highest BCUT2D eigenvalue weighted by molar-refractivity contribution is 7.80. The molecule has 8 heteroatoms. The molecular weight excluding hydrogens is 376 g/mol. The van der Waals surface area contributed by atoms with Crippen LogP contribution in [0.1, 0.15) is 17.4 Å². The zero-order valence-electron chi connectivity index (χ0n) is 14.9. The predicted molar refractivity (Wildman–Crippen MR) is 107 cm³/mol. The molecule has 1 N–H and O–H groups in total. The van der Waals surface area contributed by atoms with Crippen molar-refractivity contribution in [2.75, 3.05) is 6.61 Å². The van der Waals surface area contributed by atoms with Crippen LogP contribution in [-0.2, 0) is 0 Å². The number of fused-ring (bicyclic) bond motifs is 1. The summed E-state index contributed by atoms with van der Waals surface area (Å²) in [5.74, 6) is -0.165. The van der Waals surface area contributed by atoms with E-state index in [-0.39, 0.29) is 11.2 Å². The van der Waals surface area contributed by atoms with E-state index in [2.05, 4.69) is 27.6 Å². The Balaban J connectivity index is 1.94. The summed E-state index contributed by atoms with van der Waals surface area (Å²) < 4.78 is 7.15. The molecule has 0 spiro atoms. The molecular formula is C20H16N4O3S. The molecule has 0 atom stereocenters. The minimum Gasteiger partial charge on any atom is -0.494 e. The van der Waals surface area contributed by atoms with Crippen molar-refractivity contribution >= 4 is 29.8 Å². The third-order valence-corrected chi connectivity index (χ3v) is 4.43. The zero-order valence-corrected chi connectivity index (χ0v) is 15.8. The molecule has 0 unspecified atom stereocenters.